The molecule has 50 valence electrons. The molecular weight excluding hydrogens is 134 g/mol. The van der Waals surface area contributed by atoms with E-state index in [-0.39, 0.29) is 0 Å². The van der Waals surface area contributed by atoms with Crippen molar-refractivity contribution in [1.29, 1.82) is 5.26 Å². The molecule has 0 aliphatic rings. The lowest BCUT2D eigenvalue weighted by molar-refractivity contribution is 0.981. The summed E-state index contributed by atoms with van der Waals surface area (Å²) in [6.45, 7) is 2.77. The molecule has 0 aromatic carbocycles. The molecule has 0 radical (unpaired) electrons. The molecule has 4 heteroatoms. The van der Waals surface area contributed by atoms with Gasteiger partial charge in [-0.25, -0.2) is 0 Å². The van der Waals surface area contributed by atoms with Crippen LogP contribution in [0, 0.1) is 11.5 Å². The summed E-state index contributed by atoms with van der Waals surface area (Å²) in [6, 6.07) is 0. The van der Waals surface area contributed by atoms with Crippen LogP contribution in [0.4, 0.5) is 0 Å². The first-order chi connectivity index (χ1) is 4.35. The van der Waals surface area contributed by atoms with Crippen LogP contribution in [-0.4, -0.2) is 18.0 Å². The lowest BCUT2D eigenvalue weighted by Gasteiger charge is -1.98. The number of amidine groups is 1. The monoisotopic (exact) mass is 143 g/mol. The summed E-state index contributed by atoms with van der Waals surface area (Å²) in [5, 5.41) is 11.7. The number of nitrogens with one attached hydrogen (secondary N) is 1. The number of hydrogen-bond donors (Lipinski definition) is 1. The van der Waals surface area contributed by atoms with Crippen molar-refractivity contribution < 1.29 is 0 Å². The smallest absolute Gasteiger partial charge is 0.208 e. The second-order valence-corrected chi connectivity index (χ2v) is 2.05. The van der Waals surface area contributed by atoms with Gasteiger partial charge in [-0.05, 0) is 13.2 Å². The summed E-state index contributed by atoms with van der Waals surface area (Å²) < 4.78 is 0. The van der Waals surface area contributed by atoms with E-state index >= 15 is 0 Å². The Balaban J connectivity index is 3.70. The number of aliphatic imine (C=N–C) groups is 1. The fraction of sp³-hybridized carbons (Fsp3) is 0.600. The topological polar surface area (TPSA) is 48.2 Å². The van der Waals surface area contributed by atoms with Gasteiger partial charge in [-0.15, -0.1) is 4.99 Å². The minimum atomic E-state index is 0.681. The molecule has 0 saturated heterocycles. The summed E-state index contributed by atoms with van der Waals surface area (Å²) in [5.41, 5.74) is 0. The van der Waals surface area contributed by atoms with E-state index in [9.17, 15) is 0 Å². The van der Waals surface area contributed by atoms with Crippen LogP contribution in [-0.2, 0) is 0 Å². The number of nitrogens with zero attached hydrogens (tertiary/aromatic N) is 2. The third kappa shape index (κ3) is 3.86. The average Bonchev–Trinajstić information content (AvgIpc) is 1.88. The van der Waals surface area contributed by atoms with Gasteiger partial charge in [-0.2, -0.15) is 5.26 Å². The van der Waals surface area contributed by atoms with Gasteiger partial charge in [-0.3, -0.25) is 0 Å². The molecule has 0 bridgehead atoms. The van der Waals surface area contributed by atoms with Crippen molar-refractivity contribution in [3.63, 3.8) is 0 Å². The molecule has 0 atom stereocenters. The first-order valence-corrected chi connectivity index (χ1v) is 3.82. The third-order valence-electron chi connectivity index (χ3n) is 0.673. The van der Waals surface area contributed by atoms with Gasteiger partial charge in [0.05, 0.1) is 0 Å². The molecule has 0 saturated carbocycles. The van der Waals surface area contributed by atoms with E-state index in [0.29, 0.717) is 5.17 Å². The molecule has 0 aliphatic carbocycles. The minimum Gasteiger partial charge on any atom is -0.364 e. The Hall–Kier alpha value is -0.690. The number of rotatable bonds is 1. The largest absolute Gasteiger partial charge is 0.364 e. The zero-order chi connectivity index (χ0) is 7.11. The molecule has 0 aromatic rings. The fourth-order valence-electron chi connectivity index (χ4n) is 0.354. The Bertz CT molecular complexity index is 136. The third-order valence-corrected chi connectivity index (χ3v) is 1.30. The number of hydrogen-bond acceptors (Lipinski definition) is 3. The van der Waals surface area contributed by atoms with E-state index in [0.717, 1.165) is 6.54 Å². The number of nitriles is 1. The van der Waals surface area contributed by atoms with Gasteiger partial charge in [0.15, 0.2) is 5.17 Å². The minimum absolute atomic E-state index is 0.681. The Morgan fingerprint density at radius 1 is 1.89 bits per heavy atom. The van der Waals surface area contributed by atoms with Crippen LogP contribution in [0.3, 0.4) is 0 Å². The van der Waals surface area contributed by atoms with Crippen LogP contribution in [0.15, 0.2) is 4.99 Å². The van der Waals surface area contributed by atoms with E-state index in [1.807, 2.05) is 13.2 Å². The highest BCUT2D eigenvalue weighted by molar-refractivity contribution is 8.13. The first kappa shape index (κ1) is 8.31. The van der Waals surface area contributed by atoms with Gasteiger partial charge < -0.3 is 5.32 Å². The molecule has 0 fully saturated rings. The quantitative estimate of drug-likeness (QED) is 0.335. The Kier molecular flexibility index (Phi) is 5.03. The molecule has 0 amide bonds. The highest BCUT2D eigenvalue weighted by Gasteiger charge is 1.89. The molecule has 0 aromatic heterocycles. The summed E-state index contributed by atoms with van der Waals surface area (Å²) >= 11 is 1.44. The predicted molar refractivity (Wildman–Crippen MR) is 40.2 cm³/mol. The van der Waals surface area contributed by atoms with Crippen LogP contribution in [0.25, 0.3) is 0 Å². The van der Waals surface area contributed by atoms with Crippen molar-refractivity contribution in [3.8, 4) is 6.19 Å². The Morgan fingerprint density at radius 2 is 2.56 bits per heavy atom. The maximum Gasteiger partial charge on any atom is 0.208 e. The van der Waals surface area contributed by atoms with E-state index in [2.05, 4.69) is 10.3 Å². The SMILES string of the molecule is CCN/C(=N/C#N)SC. The van der Waals surface area contributed by atoms with E-state index in [1.54, 1.807) is 6.19 Å². The second-order valence-electron chi connectivity index (χ2n) is 1.25. The molecule has 1 N–H and O–H groups in total. The maximum atomic E-state index is 8.10. The zero-order valence-corrected chi connectivity index (χ0v) is 6.33. The number of thioether (sulfide) groups is 1. The summed E-state index contributed by atoms with van der Waals surface area (Å²) in [4.78, 5) is 3.51. The molecule has 9 heavy (non-hydrogen) atoms. The molecule has 0 spiro atoms. The van der Waals surface area contributed by atoms with Crippen molar-refractivity contribution >= 4 is 16.9 Å². The molecule has 0 heterocycles. The van der Waals surface area contributed by atoms with Gasteiger partial charge in [-0.1, -0.05) is 11.8 Å². The predicted octanol–water partition coefficient (Wildman–Crippen LogP) is 0.796. The summed E-state index contributed by atoms with van der Waals surface area (Å²) in [6.07, 6.45) is 3.58. The molecule has 0 unspecified atom stereocenters. The van der Waals surface area contributed by atoms with E-state index in [1.165, 1.54) is 11.8 Å². The Labute approximate surface area is 59.2 Å². The van der Waals surface area contributed by atoms with Gasteiger partial charge in [0, 0.05) is 6.54 Å². The van der Waals surface area contributed by atoms with Crippen molar-refractivity contribution in [2.75, 3.05) is 12.8 Å². The second kappa shape index (κ2) is 5.45. The van der Waals surface area contributed by atoms with Gasteiger partial charge in [0.2, 0.25) is 6.19 Å². The summed E-state index contributed by atoms with van der Waals surface area (Å²) in [7, 11) is 0. The zero-order valence-electron chi connectivity index (χ0n) is 5.51. The average molecular weight is 143 g/mol. The lowest BCUT2D eigenvalue weighted by atomic mass is 10.8. The molecule has 3 nitrogen and oxygen atoms in total. The van der Waals surface area contributed by atoms with Gasteiger partial charge in [0.25, 0.3) is 0 Å². The van der Waals surface area contributed by atoms with Crippen LogP contribution < -0.4 is 5.32 Å². The van der Waals surface area contributed by atoms with Gasteiger partial charge >= 0.3 is 0 Å². The van der Waals surface area contributed by atoms with Crippen LogP contribution in [0.1, 0.15) is 6.92 Å². The molecular formula is C5H9N3S. The van der Waals surface area contributed by atoms with Crippen molar-refractivity contribution in [3.05, 3.63) is 0 Å². The standard InChI is InChI=1S/C5H9N3S/c1-3-7-5(9-2)8-4-6/h3H2,1-2H3,(H,7,8). The lowest BCUT2D eigenvalue weighted by Crippen LogP contribution is -2.18. The van der Waals surface area contributed by atoms with Crippen molar-refractivity contribution in [2.24, 2.45) is 4.99 Å². The fourth-order valence-corrected chi connectivity index (χ4v) is 0.775. The normalized spacial score (nSPS) is 10.6. The first-order valence-electron chi connectivity index (χ1n) is 2.59. The van der Waals surface area contributed by atoms with Crippen LogP contribution in [0.2, 0.25) is 0 Å². The van der Waals surface area contributed by atoms with E-state index in [4.69, 9.17) is 5.26 Å². The van der Waals surface area contributed by atoms with Crippen molar-refractivity contribution in [1.82, 2.24) is 5.32 Å². The summed E-state index contributed by atoms with van der Waals surface area (Å²) in [5.74, 6) is 0. The molecule has 0 aliphatic heterocycles. The van der Waals surface area contributed by atoms with Crippen LogP contribution >= 0.6 is 11.8 Å². The Morgan fingerprint density at radius 3 is 2.89 bits per heavy atom. The maximum absolute atomic E-state index is 8.10. The highest BCUT2D eigenvalue weighted by atomic mass is 32.2. The van der Waals surface area contributed by atoms with E-state index < -0.39 is 0 Å². The van der Waals surface area contributed by atoms with Crippen molar-refractivity contribution in [2.45, 2.75) is 6.92 Å². The molecule has 0 rings (SSSR count). The van der Waals surface area contributed by atoms with Gasteiger partial charge in [0.1, 0.15) is 0 Å². The van der Waals surface area contributed by atoms with Crippen LogP contribution in [0.5, 0.6) is 0 Å². The highest BCUT2D eigenvalue weighted by Crippen LogP contribution is 1.92.